The van der Waals surface area contributed by atoms with Crippen molar-refractivity contribution in [3.8, 4) is 11.3 Å². The molecular weight excluding hydrogens is 284 g/mol. The van der Waals surface area contributed by atoms with E-state index >= 15 is 0 Å². The molecule has 3 heteroatoms. The summed E-state index contributed by atoms with van der Waals surface area (Å²) in [4.78, 5) is 20.6. The maximum absolute atomic E-state index is 11.3. The highest BCUT2D eigenvalue weighted by molar-refractivity contribution is 6.04. The molecule has 1 aromatic heterocycles. The van der Waals surface area contributed by atoms with E-state index in [4.69, 9.17) is 4.99 Å². The molecule has 1 aromatic carbocycles. The molecule has 1 fully saturated rings. The van der Waals surface area contributed by atoms with Gasteiger partial charge >= 0.3 is 0 Å². The van der Waals surface area contributed by atoms with Crippen LogP contribution in [0.5, 0.6) is 0 Å². The average Bonchev–Trinajstić information content (AvgIpc) is 3.01. The second kappa shape index (κ2) is 5.41. The molecule has 2 aromatic rings. The predicted octanol–water partition coefficient (Wildman–Crippen LogP) is 4.23. The van der Waals surface area contributed by atoms with E-state index in [1.807, 2.05) is 37.4 Å². The number of hydrogen-bond donors (Lipinski definition) is 0. The summed E-state index contributed by atoms with van der Waals surface area (Å²) in [6.07, 6.45) is 7.74. The zero-order valence-corrected chi connectivity index (χ0v) is 13.4. The SMILES string of the molecule is Cc1ccc(-c2cc(C=O)cc(C3=NCC4(CCC4)C3)c2)nc1. The third kappa shape index (κ3) is 2.61. The van der Waals surface area contributed by atoms with Crippen LogP contribution in [-0.4, -0.2) is 23.5 Å². The fraction of sp³-hybridized carbons (Fsp3) is 0.350. The summed E-state index contributed by atoms with van der Waals surface area (Å²) in [6, 6.07) is 10.0. The van der Waals surface area contributed by atoms with E-state index in [2.05, 4.69) is 11.1 Å². The minimum absolute atomic E-state index is 0.425. The summed E-state index contributed by atoms with van der Waals surface area (Å²) in [6.45, 7) is 2.97. The second-order valence-corrected chi connectivity index (χ2v) is 6.98. The molecule has 3 nitrogen and oxygen atoms in total. The lowest BCUT2D eigenvalue weighted by molar-refractivity contribution is 0.112. The highest BCUT2D eigenvalue weighted by Gasteiger charge is 2.41. The van der Waals surface area contributed by atoms with Gasteiger partial charge in [-0.2, -0.15) is 0 Å². The van der Waals surface area contributed by atoms with Crippen LogP contribution in [-0.2, 0) is 0 Å². The van der Waals surface area contributed by atoms with Crippen molar-refractivity contribution >= 4 is 12.0 Å². The van der Waals surface area contributed by atoms with Crippen molar-refractivity contribution in [2.45, 2.75) is 32.6 Å². The summed E-state index contributed by atoms with van der Waals surface area (Å²) in [5.41, 5.74) is 6.37. The maximum Gasteiger partial charge on any atom is 0.150 e. The number of aromatic nitrogens is 1. The van der Waals surface area contributed by atoms with Crippen LogP contribution < -0.4 is 0 Å². The maximum atomic E-state index is 11.3. The Balaban J connectivity index is 1.71. The van der Waals surface area contributed by atoms with Crippen molar-refractivity contribution in [2.75, 3.05) is 6.54 Å². The van der Waals surface area contributed by atoms with Gasteiger partial charge in [-0.25, -0.2) is 0 Å². The van der Waals surface area contributed by atoms with Crippen LogP contribution in [0.25, 0.3) is 11.3 Å². The molecule has 0 radical (unpaired) electrons. The van der Waals surface area contributed by atoms with Crippen LogP contribution in [0, 0.1) is 12.3 Å². The fourth-order valence-electron chi connectivity index (χ4n) is 3.61. The molecule has 1 saturated carbocycles. The van der Waals surface area contributed by atoms with Crippen molar-refractivity contribution in [3.63, 3.8) is 0 Å². The molecule has 1 aliphatic heterocycles. The Labute approximate surface area is 136 Å². The number of benzene rings is 1. The minimum atomic E-state index is 0.425. The van der Waals surface area contributed by atoms with Crippen molar-refractivity contribution in [3.05, 3.63) is 53.2 Å². The number of nitrogens with zero attached hydrogens (tertiary/aromatic N) is 2. The first-order valence-electron chi connectivity index (χ1n) is 8.25. The molecule has 4 rings (SSSR count). The standard InChI is InChI=1S/C20H20N2O/c1-14-3-4-18(21-11-14)16-7-15(12-23)8-17(9-16)19-10-20(13-22-19)5-2-6-20/h3-4,7-9,11-12H,2,5-6,10,13H2,1H3. The van der Waals surface area contributed by atoms with E-state index in [-0.39, 0.29) is 0 Å². The van der Waals surface area contributed by atoms with Gasteiger partial charge in [0.15, 0.2) is 0 Å². The normalized spacial score (nSPS) is 18.6. The summed E-state index contributed by atoms with van der Waals surface area (Å²) < 4.78 is 0. The third-order valence-electron chi connectivity index (χ3n) is 5.19. The highest BCUT2D eigenvalue weighted by atomic mass is 16.1. The molecule has 2 heterocycles. The van der Waals surface area contributed by atoms with Gasteiger partial charge in [-0.1, -0.05) is 12.5 Å². The van der Waals surface area contributed by atoms with Gasteiger partial charge in [0, 0.05) is 29.6 Å². The van der Waals surface area contributed by atoms with Gasteiger partial charge in [-0.05, 0) is 67.0 Å². The van der Waals surface area contributed by atoms with E-state index < -0.39 is 0 Å². The molecule has 0 N–H and O–H groups in total. The van der Waals surface area contributed by atoms with Gasteiger partial charge in [0.25, 0.3) is 0 Å². The lowest BCUT2D eigenvalue weighted by atomic mass is 9.67. The summed E-state index contributed by atoms with van der Waals surface area (Å²) in [7, 11) is 0. The Morgan fingerprint density at radius 1 is 1.13 bits per heavy atom. The quantitative estimate of drug-likeness (QED) is 0.796. The summed E-state index contributed by atoms with van der Waals surface area (Å²) >= 11 is 0. The Hall–Kier alpha value is -2.29. The van der Waals surface area contributed by atoms with E-state index in [9.17, 15) is 4.79 Å². The van der Waals surface area contributed by atoms with E-state index in [0.29, 0.717) is 11.0 Å². The molecular formula is C20H20N2O. The third-order valence-corrected chi connectivity index (χ3v) is 5.19. The minimum Gasteiger partial charge on any atom is -0.298 e. The predicted molar refractivity (Wildman–Crippen MR) is 92.1 cm³/mol. The topological polar surface area (TPSA) is 42.3 Å². The monoisotopic (exact) mass is 304 g/mol. The van der Waals surface area contributed by atoms with Gasteiger partial charge in [0.2, 0.25) is 0 Å². The van der Waals surface area contributed by atoms with Crippen molar-refractivity contribution < 1.29 is 4.79 Å². The smallest absolute Gasteiger partial charge is 0.150 e. The van der Waals surface area contributed by atoms with Crippen LogP contribution >= 0.6 is 0 Å². The Kier molecular flexibility index (Phi) is 3.37. The number of hydrogen-bond acceptors (Lipinski definition) is 3. The molecule has 0 bridgehead atoms. The van der Waals surface area contributed by atoms with Gasteiger partial charge in [0.05, 0.1) is 5.69 Å². The molecule has 116 valence electrons. The molecule has 0 atom stereocenters. The number of rotatable bonds is 3. The Morgan fingerprint density at radius 2 is 1.96 bits per heavy atom. The van der Waals surface area contributed by atoms with Crippen LogP contribution in [0.15, 0.2) is 41.5 Å². The van der Waals surface area contributed by atoms with Gasteiger partial charge < -0.3 is 0 Å². The summed E-state index contributed by atoms with van der Waals surface area (Å²) in [5, 5.41) is 0. The first kappa shape index (κ1) is 14.3. The zero-order valence-electron chi connectivity index (χ0n) is 13.4. The molecule has 23 heavy (non-hydrogen) atoms. The van der Waals surface area contributed by atoms with E-state index in [1.54, 1.807) is 0 Å². The molecule has 0 saturated heterocycles. The fourth-order valence-corrected chi connectivity index (χ4v) is 3.61. The van der Waals surface area contributed by atoms with E-state index in [1.165, 1.54) is 19.3 Å². The molecule has 0 unspecified atom stereocenters. The molecule has 2 aliphatic rings. The van der Waals surface area contributed by atoms with Crippen LogP contribution in [0.1, 0.15) is 47.2 Å². The first-order valence-corrected chi connectivity index (χ1v) is 8.25. The summed E-state index contributed by atoms with van der Waals surface area (Å²) in [5.74, 6) is 0. The van der Waals surface area contributed by atoms with Crippen LogP contribution in [0.3, 0.4) is 0 Å². The van der Waals surface area contributed by atoms with Gasteiger partial charge in [0.1, 0.15) is 6.29 Å². The Morgan fingerprint density at radius 3 is 2.57 bits per heavy atom. The molecule has 0 amide bonds. The van der Waals surface area contributed by atoms with E-state index in [0.717, 1.165) is 47.3 Å². The lowest BCUT2D eigenvalue weighted by Crippen LogP contribution is -2.30. The number of aryl methyl sites for hydroxylation is 1. The number of aliphatic imine (C=N–C) groups is 1. The largest absolute Gasteiger partial charge is 0.298 e. The number of carbonyl (C=O) groups is 1. The van der Waals surface area contributed by atoms with Crippen molar-refractivity contribution in [2.24, 2.45) is 10.4 Å². The van der Waals surface area contributed by atoms with Crippen LogP contribution in [0.2, 0.25) is 0 Å². The van der Waals surface area contributed by atoms with Crippen molar-refractivity contribution in [1.82, 2.24) is 4.98 Å². The lowest BCUT2D eigenvalue weighted by Gasteiger charge is -2.37. The van der Waals surface area contributed by atoms with Gasteiger partial charge in [-0.15, -0.1) is 0 Å². The zero-order chi connectivity index (χ0) is 15.9. The first-order chi connectivity index (χ1) is 11.2. The van der Waals surface area contributed by atoms with Gasteiger partial charge in [-0.3, -0.25) is 14.8 Å². The Bertz CT molecular complexity index is 786. The highest BCUT2D eigenvalue weighted by Crippen LogP contribution is 2.48. The number of aldehydes is 1. The molecule has 1 spiro atoms. The van der Waals surface area contributed by atoms with Crippen LogP contribution in [0.4, 0.5) is 0 Å². The molecule has 1 aliphatic carbocycles. The second-order valence-electron chi connectivity index (χ2n) is 6.98. The number of carbonyl (C=O) groups excluding carboxylic acids is 1. The van der Waals surface area contributed by atoms with Crippen molar-refractivity contribution in [1.29, 1.82) is 0 Å². The number of pyridine rings is 1. The average molecular weight is 304 g/mol.